The summed E-state index contributed by atoms with van der Waals surface area (Å²) in [6.45, 7) is 1.80. The van der Waals surface area contributed by atoms with Gasteiger partial charge < -0.3 is 20.9 Å². The molecule has 94 valence electrons. The van der Waals surface area contributed by atoms with Crippen LogP contribution in [0.1, 0.15) is 23.7 Å². The van der Waals surface area contributed by atoms with Crippen molar-refractivity contribution in [3.05, 3.63) is 23.8 Å². The second kappa shape index (κ2) is 6.10. The van der Waals surface area contributed by atoms with Crippen molar-refractivity contribution in [1.29, 1.82) is 0 Å². The highest BCUT2D eigenvalue weighted by atomic mass is 16.5. The molecule has 0 fully saturated rings. The maximum Gasteiger partial charge on any atom is 0.255 e. The first-order chi connectivity index (χ1) is 8.12. The van der Waals surface area contributed by atoms with Gasteiger partial charge in [-0.25, -0.2) is 0 Å². The van der Waals surface area contributed by atoms with E-state index in [-0.39, 0.29) is 18.6 Å². The zero-order valence-electron chi connectivity index (χ0n) is 10.1. The average molecular weight is 238 g/mol. The summed E-state index contributed by atoms with van der Waals surface area (Å²) in [6.07, 6.45) is 0.660. The molecule has 0 aromatic heterocycles. The summed E-state index contributed by atoms with van der Waals surface area (Å²) in [5.41, 5.74) is 6.50. The van der Waals surface area contributed by atoms with Gasteiger partial charge in [-0.3, -0.25) is 4.79 Å². The summed E-state index contributed by atoms with van der Waals surface area (Å²) in [5.74, 6) is 0.166. The van der Waals surface area contributed by atoms with Gasteiger partial charge in [0, 0.05) is 5.69 Å². The van der Waals surface area contributed by atoms with E-state index in [0.717, 1.165) is 0 Å². The molecule has 0 heterocycles. The highest BCUT2D eigenvalue weighted by Crippen LogP contribution is 2.21. The molecule has 1 atom stereocenters. The Morgan fingerprint density at radius 3 is 2.82 bits per heavy atom. The van der Waals surface area contributed by atoms with Gasteiger partial charge in [0.15, 0.2) is 0 Å². The van der Waals surface area contributed by atoms with Crippen molar-refractivity contribution in [2.45, 2.75) is 19.4 Å². The van der Waals surface area contributed by atoms with E-state index in [9.17, 15) is 4.79 Å². The number of hydrogen-bond acceptors (Lipinski definition) is 4. The van der Waals surface area contributed by atoms with Crippen LogP contribution in [0.3, 0.4) is 0 Å². The topological polar surface area (TPSA) is 84.6 Å². The summed E-state index contributed by atoms with van der Waals surface area (Å²) in [6, 6.07) is 4.61. The summed E-state index contributed by atoms with van der Waals surface area (Å²) in [4.78, 5) is 11.9. The van der Waals surface area contributed by atoms with Gasteiger partial charge in [-0.2, -0.15) is 0 Å². The summed E-state index contributed by atoms with van der Waals surface area (Å²) in [5, 5.41) is 11.7. The monoisotopic (exact) mass is 238 g/mol. The third-order valence-electron chi connectivity index (χ3n) is 2.52. The molecule has 0 aliphatic heterocycles. The fraction of sp³-hybridized carbons (Fsp3) is 0.417. The molecule has 1 aromatic carbocycles. The number of nitrogens with one attached hydrogen (secondary N) is 1. The molecule has 0 aliphatic rings. The maximum absolute atomic E-state index is 11.9. The molecule has 4 N–H and O–H groups in total. The fourth-order valence-electron chi connectivity index (χ4n) is 1.44. The molecule has 0 bridgehead atoms. The number of carbonyl (C=O) groups is 1. The number of nitrogen functional groups attached to an aromatic ring is 1. The minimum atomic E-state index is -0.296. The summed E-state index contributed by atoms with van der Waals surface area (Å²) < 4.78 is 5.09. The number of carbonyl (C=O) groups excluding carboxylic acids is 1. The molecule has 1 unspecified atom stereocenters. The minimum Gasteiger partial charge on any atom is -0.496 e. The van der Waals surface area contributed by atoms with Crippen LogP contribution in [0.2, 0.25) is 0 Å². The van der Waals surface area contributed by atoms with Crippen molar-refractivity contribution in [1.82, 2.24) is 5.32 Å². The van der Waals surface area contributed by atoms with Gasteiger partial charge in [0.25, 0.3) is 5.91 Å². The fourth-order valence-corrected chi connectivity index (χ4v) is 1.44. The van der Waals surface area contributed by atoms with E-state index in [2.05, 4.69) is 5.32 Å². The van der Waals surface area contributed by atoms with E-state index in [1.807, 2.05) is 6.92 Å². The molecule has 5 nitrogen and oxygen atoms in total. The van der Waals surface area contributed by atoms with Gasteiger partial charge in [-0.1, -0.05) is 6.92 Å². The maximum atomic E-state index is 11.9. The van der Waals surface area contributed by atoms with Gasteiger partial charge in [0.2, 0.25) is 0 Å². The lowest BCUT2D eigenvalue weighted by Crippen LogP contribution is -2.37. The number of amides is 1. The molecular weight excluding hydrogens is 220 g/mol. The molecule has 1 aromatic rings. The van der Waals surface area contributed by atoms with Gasteiger partial charge in [0.1, 0.15) is 5.75 Å². The van der Waals surface area contributed by atoms with Crippen LogP contribution in [0, 0.1) is 0 Å². The predicted octanol–water partition coefficient (Wildman–Crippen LogP) is 0.778. The van der Waals surface area contributed by atoms with Crippen LogP contribution in [-0.2, 0) is 0 Å². The average Bonchev–Trinajstić information content (AvgIpc) is 2.35. The molecule has 17 heavy (non-hydrogen) atoms. The van der Waals surface area contributed by atoms with Crippen LogP contribution in [-0.4, -0.2) is 30.8 Å². The number of aliphatic hydroxyl groups is 1. The Morgan fingerprint density at radius 2 is 2.29 bits per heavy atom. The number of anilines is 1. The number of benzene rings is 1. The zero-order valence-corrected chi connectivity index (χ0v) is 10.1. The van der Waals surface area contributed by atoms with Crippen LogP contribution in [0.25, 0.3) is 0 Å². The van der Waals surface area contributed by atoms with Crippen molar-refractivity contribution < 1.29 is 14.6 Å². The highest BCUT2D eigenvalue weighted by molar-refractivity contribution is 5.98. The first-order valence-corrected chi connectivity index (χ1v) is 5.47. The SMILES string of the molecule is CCC(CO)NC(=O)c1cc(N)ccc1OC. The van der Waals surface area contributed by atoms with Crippen molar-refractivity contribution >= 4 is 11.6 Å². The van der Waals surface area contributed by atoms with Crippen LogP contribution in [0.15, 0.2) is 18.2 Å². The number of methoxy groups -OCH3 is 1. The highest BCUT2D eigenvalue weighted by Gasteiger charge is 2.15. The summed E-state index contributed by atoms with van der Waals surface area (Å²) in [7, 11) is 1.49. The van der Waals surface area contributed by atoms with Crippen LogP contribution < -0.4 is 15.8 Å². The van der Waals surface area contributed by atoms with Crippen LogP contribution in [0.5, 0.6) is 5.75 Å². The molecule has 0 saturated heterocycles. The third kappa shape index (κ3) is 3.35. The smallest absolute Gasteiger partial charge is 0.255 e. The van der Waals surface area contributed by atoms with Gasteiger partial charge >= 0.3 is 0 Å². The van der Waals surface area contributed by atoms with Crippen molar-refractivity contribution in [3.63, 3.8) is 0 Å². The first-order valence-electron chi connectivity index (χ1n) is 5.47. The normalized spacial score (nSPS) is 11.9. The second-order valence-corrected chi connectivity index (χ2v) is 3.72. The van der Waals surface area contributed by atoms with E-state index >= 15 is 0 Å². The lowest BCUT2D eigenvalue weighted by Gasteiger charge is -2.15. The van der Waals surface area contributed by atoms with E-state index in [0.29, 0.717) is 23.4 Å². The van der Waals surface area contributed by atoms with E-state index in [1.54, 1.807) is 18.2 Å². The Kier molecular flexibility index (Phi) is 4.78. The molecule has 5 heteroatoms. The van der Waals surface area contributed by atoms with E-state index in [4.69, 9.17) is 15.6 Å². The van der Waals surface area contributed by atoms with Gasteiger partial charge in [0.05, 0.1) is 25.3 Å². The number of rotatable bonds is 5. The Morgan fingerprint density at radius 1 is 1.59 bits per heavy atom. The Labute approximate surface area is 101 Å². The molecule has 1 amide bonds. The molecule has 0 aliphatic carbocycles. The number of nitrogens with two attached hydrogens (primary N) is 1. The molecule has 0 saturated carbocycles. The number of hydrogen-bond donors (Lipinski definition) is 3. The quantitative estimate of drug-likeness (QED) is 0.662. The zero-order chi connectivity index (χ0) is 12.8. The molecular formula is C12H18N2O3. The number of aliphatic hydroxyl groups excluding tert-OH is 1. The largest absolute Gasteiger partial charge is 0.496 e. The van der Waals surface area contributed by atoms with E-state index in [1.165, 1.54) is 7.11 Å². The number of ether oxygens (including phenoxy) is 1. The standard InChI is InChI=1S/C12H18N2O3/c1-3-9(7-15)14-12(16)10-6-8(13)4-5-11(10)17-2/h4-6,9,15H,3,7,13H2,1-2H3,(H,14,16). The van der Waals surface area contributed by atoms with Gasteiger partial charge in [-0.05, 0) is 24.6 Å². The third-order valence-corrected chi connectivity index (χ3v) is 2.52. The Balaban J connectivity index is 2.90. The molecule has 0 radical (unpaired) electrons. The van der Waals surface area contributed by atoms with Gasteiger partial charge in [-0.15, -0.1) is 0 Å². The van der Waals surface area contributed by atoms with Crippen molar-refractivity contribution in [2.75, 3.05) is 19.5 Å². The second-order valence-electron chi connectivity index (χ2n) is 3.72. The van der Waals surface area contributed by atoms with Crippen LogP contribution in [0.4, 0.5) is 5.69 Å². The molecule has 0 spiro atoms. The lowest BCUT2D eigenvalue weighted by molar-refractivity contribution is 0.0912. The van der Waals surface area contributed by atoms with Crippen molar-refractivity contribution in [3.8, 4) is 5.75 Å². The Hall–Kier alpha value is -1.75. The summed E-state index contributed by atoms with van der Waals surface area (Å²) >= 11 is 0. The van der Waals surface area contributed by atoms with Crippen molar-refractivity contribution in [2.24, 2.45) is 0 Å². The minimum absolute atomic E-state index is 0.0904. The Bertz CT molecular complexity index is 389. The van der Waals surface area contributed by atoms with Crippen LogP contribution >= 0.6 is 0 Å². The lowest BCUT2D eigenvalue weighted by atomic mass is 10.1. The predicted molar refractivity (Wildman–Crippen MR) is 66.0 cm³/mol. The first kappa shape index (κ1) is 13.3. The van der Waals surface area contributed by atoms with E-state index < -0.39 is 0 Å². The molecule has 1 rings (SSSR count).